The summed E-state index contributed by atoms with van der Waals surface area (Å²) in [6.45, 7) is 8.44. The summed E-state index contributed by atoms with van der Waals surface area (Å²) in [5.74, 6) is 1.23. The molecule has 1 atom stereocenters. The Morgan fingerprint density at radius 1 is 1.50 bits per heavy atom. The molecule has 2 N–H and O–H groups in total. The van der Waals surface area contributed by atoms with Crippen LogP contribution in [0.15, 0.2) is 4.52 Å². The maximum atomic E-state index is 5.88. The fourth-order valence-electron chi connectivity index (χ4n) is 1.29. The third-order valence-corrected chi connectivity index (χ3v) is 2.25. The van der Waals surface area contributed by atoms with E-state index in [1.165, 1.54) is 0 Å². The Hall–Kier alpha value is -0.940. The van der Waals surface area contributed by atoms with E-state index in [1.54, 1.807) is 0 Å². The molecule has 5 heteroatoms. The van der Waals surface area contributed by atoms with Gasteiger partial charge in [0.2, 0.25) is 5.89 Å². The summed E-state index contributed by atoms with van der Waals surface area (Å²) in [5.41, 5.74) is 5.67. The molecule has 0 saturated carbocycles. The first kappa shape index (κ1) is 13.1. The van der Waals surface area contributed by atoms with Crippen molar-refractivity contribution in [2.75, 3.05) is 6.61 Å². The maximum Gasteiger partial charge on any atom is 0.226 e. The number of hydrogen-bond donors (Lipinski definition) is 1. The molecule has 0 spiro atoms. The highest BCUT2D eigenvalue weighted by Crippen LogP contribution is 2.15. The Morgan fingerprint density at radius 3 is 2.75 bits per heavy atom. The Balaban J connectivity index is 2.51. The highest BCUT2D eigenvalue weighted by molar-refractivity contribution is 4.91. The number of aromatic nitrogens is 2. The molecule has 92 valence electrons. The molecule has 1 heterocycles. The molecule has 0 radical (unpaired) electrons. The summed E-state index contributed by atoms with van der Waals surface area (Å²) in [7, 11) is 0. The third kappa shape index (κ3) is 4.28. The van der Waals surface area contributed by atoms with Crippen LogP contribution in [0.2, 0.25) is 0 Å². The minimum Gasteiger partial charge on any atom is -0.371 e. The lowest BCUT2D eigenvalue weighted by atomic mass is 10.0. The summed E-state index contributed by atoms with van der Waals surface area (Å²) >= 11 is 0. The minimum absolute atomic E-state index is 0.117. The molecule has 1 aromatic heterocycles. The molecule has 1 aromatic rings. The van der Waals surface area contributed by atoms with Gasteiger partial charge in [0.15, 0.2) is 5.82 Å². The Morgan fingerprint density at radius 2 is 2.19 bits per heavy atom. The smallest absolute Gasteiger partial charge is 0.226 e. The van der Waals surface area contributed by atoms with Gasteiger partial charge in [0, 0.05) is 18.6 Å². The molecule has 0 bridgehead atoms. The van der Waals surface area contributed by atoms with E-state index in [0.29, 0.717) is 24.7 Å². The maximum absolute atomic E-state index is 5.88. The lowest BCUT2D eigenvalue weighted by molar-refractivity contribution is 0.0683. The van der Waals surface area contributed by atoms with E-state index < -0.39 is 0 Å². The first-order valence-electron chi connectivity index (χ1n) is 5.65. The monoisotopic (exact) mass is 227 g/mol. The predicted molar refractivity (Wildman–Crippen MR) is 60.9 cm³/mol. The van der Waals surface area contributed by atoms with Gasteiger partial charge in [0.1, 0.15) is 6.10 Å². The van der Waals surface area contributed by atoms with Crippen molar-refractivity contribution >= 4 is 0 Å². The van der Waals surface area contributed by atoms with Crippen LogP contribution in [0, 0.1) is 0 Å². The van der Waals surface area contributed by atoms with Crippen LogP contribution in [0.25, 0.3) is 0 Å². The standard InChI is InChI=1S/C11H21N3O2/c1-5-15-8(2)10-13-9(16-14-10)6-7-11(3,4)12/h8H,5-7,12H2,1-4H3. The van der Waals surface area contributed by atoms with Gasteiger partial charge in [-0.05, 0) is 34.1 Å². The second kappa shape index (κ2) is 5.41. The van der Waals surface area contributed by atoms with Crippen molar-refractivity contribution in [3.8, 4) is 0 Å². The molecule has 16 heavy (non-hydrogen) atoms. The molecular weight excluding hydrogens is 206 g/mol. The van der Waals surface area contributed by atoms with Gasteiger partial charge in [-0.15, -0.1) is 0 Å². The van der Waals surface area contributed by atoms with E-state index in [0.717, 1.165) is 6.42 Å². The zero-order valence-corrected chi connectivity index (χ0v) is 10.5. The molecule has 1 rings (SSSR count). The Labute approximate surface area is 96.4 Å². The Kier molecular flexibility index (Phi) is 4.44. The van der Waals surface area contributed by atoms with Crippen molar-refractivity contribution < 1.29 is 9.26 Å². The highest BCUT2D eigenvalue weighted by atomic mass is 16.5. The van der Waals surface area contributed by atoms with Crippen LogP contribution in [0.1, 0.15) is 51.9 Å². The van der Waals surface area contributed by atoms with Crippen molar-refractivity contribution in [1.82, 2.24) is 10.1 Å². The summed E-state index contributed by atoms with van der Waals surface area (Å²) in [6, 6.07) is 0. The first-order valence-corrected chi connectivity index (χ1v) is 5.65. The number of nitrogens with zero attached hydrogens (tertiary/aromatic N) is 2. The molecular formula is C11H21N3O2. The van der Waals surface area contributed by atoms with Crippen molar-refractivity contribution in [2.24, 2.45) is 5.73 Å². The fraction of sp³-hybridized carbons (Fsp3) is 0.818. The first-order chi connectivity index (χ1) is 7.42. The van der Waals surface area contributed by atoms with Crippen LogP contribution in [0.3, 0.4) is 0 Å². The van der Waals surface area contributed by atoms with E-state index >= 15 is 0 Å². The van der Waals surface area contributed by atoms with Gasteiger partial charge in [-0.3, -0.25) is 0 Å². The average Bonchev–Trinajstić information content (AvgIpc) is 2.62. The second-order valence-corrected chi connectivity index (χ2v) is 4.63. The van der Waals surface area contributed by atoms with Gasteiger partial charge in [-0.2, -0.15) is 4.98 Å². The number of nitrogens with two attached hydrogens (primary N) is 1. The van der Waals surface area contributed by atoms with Crippen molar-refractivity contribution in [3.05, 3.63) is 11.7 Å². The molecule has 0 aliphatic carbocycles. The fourth-order valence-corrected chi connectivity index (χ4v) is 1.29. The largest absolute Gasteiger partial charge is 0.371 e. The van der Waals surface area contributed by atoms with Gasteiger partial charge in [0.05, 0.1) is 0 Å². The summed E-state index contributed by atoms with van der Waals surface area (Å²) in [4.78, 5) is 4.27. The summed E-state index contributed by atoms with van der Waals surface area (Å²) in [6.07, 6.45) is 1.40. The number of aryl methyl sites for hydroxylation is 1. The molecule has 5 nitrogen and oxygen atoms in total. The van der Waals surface area contributed by atoms with Crippen LogP contribution in [-0.4, -0.2) is 22.3 Å². The summed E-state index contributed by atoms with van der Waals surface area (Å²) < 4.78 is 10.5. The molecule has 0 aliphatic rings. The van der Waals surface area contributed by atoms with Crippen LogP contribution < -0.4 is 5.73 Å². The van der Waals surface area contributed by atoms with E-state index in [2.05, 4.69) is 10.1 Å². The lowest BCUT2D eigenvalue weighted by Crippen LogP contribution is -2.32. The molecule has 0 saturated heterocycles. The normalized spacial score (nSPS) is 14.1. The molecule has 1 unspecified atom stereocenters. The zero-order valence-electron chi connectivity index (χ0n) is 10.5. The number of ether oxygens (including phenoxy) is 1. The van der Waals surface area contributed by atoms with Crippen LogP contribution in [0.5, 0.6) is 0 Å². The highest BCUT2D eigenvalue weighted by Gasteiger charge is 2.16. The Bertz CT molecular complexity index is 317. The molecule has 0 fully saturated rings. The quantitative estimate of drug-likeness (QED) is 0.802. The van der Waals surface area contributed by atoms with Crippen molar-refractivity contribution in [1.29, 1.82) is 0 Å². The topological polar surface area (TPSA) is 74.2 Å². The van der Waals surface area contributed by atoms with Crippen LogP contribution in [0.4, 0.5) is 0 Å². The zero-order chi connectivity index (χ0) is 12.2. The number of rotatable bonds is 6. The van der Waals surface area contributed by atoms with Crippen LogP contribution in [-0.2, 0) is 11.2 Å². The average molecular weight is 227 g/mol. The van der Waals surface area contributed by atoms with Crippen LogP contribution >= 0.6 is 0 Å². The van der Waals surface area contributed by atoms with E-state index in [9.17, 15) is 0 Å². The molecule has 0 aromatic carbocycles. The third-order valence-electron chi connectivity index (χ3n) is 2.25. The van der Waals surface area contributed by atoms with Gasteiger partial charge < -0.3 is 15.0 Å². The molecule has 0 amide bonds. The molecule has 0 aliphatic heterocycles. The summed E-state index contributed by atoms with van der Waals surface area (Å²) in [5, 5.41) is 3.88. The van der Waals surface area contributed by atoms with Gasteiger partial charge in [-0.1, -0.05) is 5.16 Å². The van der Waals surface area contributed by atoms with Crippen molar-refractivity contribution in [3.63, 3.8) is 0 Å². The number of hydrogen-bond acceptors (Lipinski definition) is 5. The SMILES string of the molecule is CCOC(C)c1noc(CCC(C)(C)N)n1. The van der Waals surface area contributed by atoms with Crippen molar-refractivity contribution in [2.45, 2.75) is 52.2 Å². The second-order valence-electron chi connectivity index (χ2n) is 4.63. The predicted octanol–water partition coefficient (Wildman–Crippen LogP) is 1.84. The lowest BCUT2D eigenvalue weighted by Gasteiger charge is -2.16. The van der Waals surface area contributed by atoms with E-state index in [1.807, 2.05) is 27.7 Å². The minimum atomic E-state index is -0.208. The van der Waals surface area contributed by atoms with Gasteiger partial charge in [0.25, 0.3) is 0 Å². The van der Waals surface area contributed by atoms with E-state index in [-0.39, 0.29) is 11.6 Å². The van der Waals surface area contributed by atoms with Gasteiger partial charge >= 0.3 is 0 Å². The van der Waals surface area contributed by atoms with E-state index in [4.69, 9.17) is 15.0 Å². The van der Waals surface area contributed by atoms with Gasteiger partial charge in [-0.25, -0.2) is 0 Å².